The smallest absolute Gasteiger partial charge is 0.345 e. The Balaban J connectivity index is 1.89. The van der Waals surface area contributed by atoms with Crippen LogP contribution in [0.25, 0.3) is 0 Å². The van der Waals surface area contributed by atoms with Gasteiger partial charge in [0.25, 0.3) is 0 Å². The van der Waals surface area contributed by atoms with Crippen LogP contribution in [-0.4, -0.2) is 17.1 Å². The Morgan fingerprint density at radius 2 is 2.32 bits per heavy atom. The fraction of sp³-hybridized carbons (Fsp3) is 0.357. The highest BCUT2D eigenvalue weighted by Crippen LogP contribution is 2.21. The number of aryl methyl sites for hydroxylation is 1. The lowest BCUT2D eigenvalue weighted by atomic mass is 10.2. The maximum absolute atomic E-state index is 10.9. The summed E-state index contributed by atoms with van der Waals surface area (Å²) >= 11 is 3.11. The molecule has 0 aliphatic carbocycles. The van der Waals surface area contributed by atoms with Crippen LogP contribution in [0.1, 0.15) is 31.9 Å². The van der Waals surface area contributed by atoms with Gasteiger partial charge in [0, 0.05) is 22.3 Å². The van der Waals surface area contributed by atoms with Crippen LogP contribution in [0.3, 0.4) is 0 Å². The van der Waals surface area contributed by atoms with Gasteiger partial charge in [0.2, 0.25) is 0 Å². The van der Waals surface area contributed by atoms with E-state index in [2.05, 4.69) is 29.8 Å². The molecule has 2 heterocycles. The van der Waals surface area contributed by atoms with Gasteiger partial charge in [-0.15, -0.1) is 22.7 Å². The second-order valence-electron chi connectivity index (χ2n) is 4.56. The van der Waals surface area contributed by atoms with E-state index in [0.717, 1.165) is 23.4 Å². The van der Waals surface area contributed by atoms with Gasteiger partial charge in [0.05, 0.1) is 0 Å². The summed E-state index contributed by atoms with van der Waals surface area (Å²) in [4.78, 5) is 13.8. The first-order valence-corrected chi connectivity index (χ1v) is 7.84. The average Bonchev–Trinajstić information content (AvgIpc) is 2.96. The molecule has 0 radical (unpaired) electrons. The molecule has 0 aliphatic heterocycles. The normalized spacial score (nSPS) is 12.5. The molecule has 0 amide bonds. The van der Waals surface area contributed by atoms with E-state index in [1.165, 1.54) is 16.2 Å². The monoisotopic (exact) mass is 295 g/mol. The summed E-state index contributed by atoms with van der Waals surface area (Å²) in [5, 5.41) is 14.5. The van der Waals surface area contributed by atoms with Crippen molar-refractivity contribution in [2.24, 2.45) is 0 Å². The van der Waals surface area contributed by atoms with E-state index in [4.69, 9.17) is 5.11 Å². The van der Waals surface area contributed by atoms with Crippen molar-refractivity contribution < 1.29 is 9.90 Å². The number of carboxylic acids is 1. The highest BCUT2D eigenvalue weighted by molar-refractivity contribution is 7.14. The first-order chi connectivity index (χ1) is 9.06. The van der Waals surface area contributed by atoms with Gasteiger partial charge in [-0.25, -0.2) is 4.79 Å². The molecule has 102 valence electrons. The Labute approximate surface area is 120 Å². The van der Waals surface area contributed by atoms with Crippen molar-refractivity contribution >= 4 is 28.6 Å². The lowest BCUT2D eigenvalue weighted by Gasteiger charge is -2.12. The first kappa shape index (κ1) is 14.2. The molecular formula is C14H17NO2S2. The molecule has 0 fully saturated rings. The van der Waals surface area contributed by atoms with Crippen molar-refractivity contribution in [3.8, 4) is 0 Å². The lowest BCUT2D eigenvalue weighted by molar-refractivity contribution is 0.0702. The zero-order valence-corrected chi connectivity index (χ0v) is 12.6. The predicted octanol–water partition coefficient (Wildman–Crippen LogP) is 3.54. The van der Waals surface area contributed by atoms with Crippen molar-refractivity contribution in [3.05, 3.63) is 43.8 Å². The quantitative estimate of drug-likeness (QED) is 0.857. The van der Waals surface area contributed by atoms with E-state index in [0.29, 0.717) is 10.9 Å². The van der Waals surface area contributed by atoms with Crippen LogP contribution in [0.2, 0.25) is 0 Å². The Hall–Kier alpha value is -1.17. The minimum absolute atomic E-state index is 0.381. The second kappa shape index (κ2) is 6.32. The standard InChI is InChI=1S/C14H17NO2S2/c1-9(6-12-4-3-5-18-12)15-8-11-7-13(14(16)17)19-10(11)2/h3-5,7,9,15H,6,8H2,1-2H3,(H,16,17). The molecule has 2 rings (SSSR count). The summed E-state index contributed by atoms with van der Waals surface area (Å²) < 4.78 is 0. The summed E-state index contributed by atoms with van der Waals surface area (Å²) in [6.45, 7) is 4.85. The van der Waals surface area contributed by atoms with Gasteiger partial charge < -0.3 is 10.4 Å². The van der Waals surface area contributed by atoms with E-state index in [9.17, 15) is 4.79 Å². The third kappa shape index (κ3) is 3.89. The Morgan fingerprint density at radius 3 is 2.89 bits per heavy atom. The van der Waals surface area contributed by atoms with E-state index in [1.807, 2.05) is 6.92 Å². The fourth-order valence-electron chi connectivity index (χ4n) is 1.89. The van der Waals surface area contributed by atoms with Crippen molar-refractivity contribution in [3.63, 3.8) is 0 Å². The zero-order valence-electron chi connectivity index (χ0n) is 11.0. The molecule has 0 aliphatic rings. The van der Waals surface area contributed by atoms with Gasteiger partial charge in [-0.05, 0) is 43.3 Å². The van der Waals surface area contributed by atoms with Crippen LogP contribution in [0.15, 0.2) is 23.6 Å². The van der Waals surface area contributed by atoms with Gasteiger partial charge in [-0.2, -0.15) is 0 Å². The minimum Gasteiger partial charge on any atom is -0.477 e. The zero-order chi connectivity index (χ0) is 13.8. The van der Waals surface area contributed by atoms with Gasteiger partial charge in [-0.3, -0.25) is 0 Å². The Kier molecular flexibility index (Phi) is 4.74. The largest absolute Gasteiger partial charge is 0.477 e. The van der Waals surface area contributed by atoms with Gasteiger partial charge in [0.15, 0.2) is 0 Å². The van der Waals surface area contributed by atoms with E-state index < -0.39 is 5.97 Å². The van der Waals surface area contributed by atoms with Gasteiger partial charge in [-0.1, -0.05) is 6.07 Å². The average molecular weight is 295 g/mol. The molecular weight excluding hydrogens is 278 g/mol. The Morgan fingerprint density at radius 1 is 1.53 bits per heavy atom. The van der Waals surface area contributed by atoms with Crippen molar-refractivity contribution in [2.75, 3.05) is 0 Å². The van der Waals surface area contributed by atoms with Crippen LogP contribution < -0.4 is 5.32 Å². The molecule has 2 N–H and O–H groups in total. The third-order valence-electron chi connectivity index (χ3n) is 2.96. The van der Waals surface area contributed by atoms with Crippen LogP contribution in [0, 0.1) is 6.92 Å². The molecule has 0 bridgehead atoms. The Bertz CT molecular complexity index is 546. The van der Waals surface area contributed by atoms with Crippen molar-refractivity contribution in [1.82, 2.24) is 5.32 Å². The molecule has 3 nitrogen and oxygen atoms in total. The molecule has 5 heteroatoms. The highest BCUT2D eigenvalue weighted by atomic mass is 32.1. The summed E-state index contributed by atoms with van der Waals surface area (Å²) in [5.41, 5.74) is 1.08. The molecule has 1 atom stereocenters. The highest BCUT2D eigenvalue weighted by Gasteiger charge is 2.12. The van der Waals surface area contributed by atoms with E-state index in [1.54, 1.807) is 17.4 Å². The lowest BCUT2D eigenvalue weighted by Crippen LogP contribution is -2.27. The van der Waals surface area contributed by atoms with E-state index in [-0.39, 0.29) is 0 Å². The number of carbonyl (C=O) groups is 1. The number of rotatable bonds is 6. The van der Waals surface area contributed by atoms with Crippen LogP contribution in [-0.2, 0) is 13.0 Å². The second-order valence-corrected chi connectivity index (χ2v) is 6.85. The number of hydrogen-bond donors (Lipinski definition) is 2. The van der Waals surface area contributed by atoms with Gasteiger partial charge >= 0.3 is 5.97 Å². The molecule has 0 aromatic carbocycles. The SMILES string of the molecule is Cc1sc(C(=O)O)cc1CNC(C)Cc1cccs1. The topological polar surface area (TPSA) is 49.3 Å². The number of thiophene rings is 2. The molecule has 0 saturated carbocycles. The number of nitrogens with one attached hydrogen (secondary N) is 1. The first-order valence-electron chi connectivity index (χ1n) is 6.14. The van der Waals surface area contributed by atoms with Crippen LogP contribution in [0.4, 0.5) is 0 Å². The molecule has 19 heavy (non-hydrogen) atoms. The third-order valence-corrected chi connectivity index (χ3v) is 4.94. The van der Waals surface area contributed by atoms with Crippen LogP contribution >= 0.6 is 22.7 Å². The molecule has 2 aromatic heterocycles. The molecule has 0 saturated heterocycles. The predicted molar refractivity (Wildman–Crippen MR) is 80.3 cm³/mol. The number of hydrogen-bond acceptors (Lipinski definition) is 4. The molecule has 1 unspecified atom stereocenters. The number of aromatic carboxylic acids is 1. The summed E-state index contributed by atoms with van der Waals surface area (Å²) in [6, 6.07) is 6.36. The van der Waals surface area contributed by atoms with E-state index >= 15 is 0 Å². The summed E-state index contributed by atoms with van der Waals surface area (Å²) in [6.07, 6.45) is 1.01. The van der Waals surface area contributed by atoms with Crippen LogP contribution in [0.5, 0.6) is 0 Å². The van der Waals surface area contributed by atoms with Crippen molar-refractivity contribution in [1.29, 1.82) is 0 Å². The molecule has 0 spiro atoms. The summed E-state index contributed by atoms with van der Waals surface area (Å²) in [7, 11) is 0. The minimum atomic E-state index is -0.842. The summed E-state index contributed by atoms with van der Waals surface area (Å²) in [5.74, 6) is -0.842. The maximum atomic E-state index is 10.9. The maximum Gasteiger partial charge on any atom is 0.345 e. The van der Waals surface area contributed by atoms with Gasteiger partial charge in [0.1, 0.15) is 4.88 Å². The number of carboxylic acid groups (broad SMARTS) is 1. The molecule has 2 aromatic rings. The fourth-order valence-corrected chi connectivity index (χ4v) is 3.60. The van der Waals surface area contributed by atoms with Crippen molar-refractivity contribution in [2.45, 2.75) is 32.9 Å².